The molecule has 2 aromatic heterocycles. The zero-order valence-corrected chi connectivity index (χ0v) is 14.6. The number of aryl methyl sites for hydroxylation is 1. The highest BCUT2D eigenvalue weighted by atomic mass is 16.6. The molecular weight excluding hydrogens is 346 g/mol. The molecule has 0 atom stereocenters. The molecule has 3 rings (SSSR count). The number of aromatic nitrogens is 3. The van der Waals surface area contributed by atoms with Crippen molar-refractivity contribution in [3.63, 3.8) is 0 Å². The summed E-state index contributed by atoms with van der Waals surface area (Å²) >= 11 is 0. The van der Waals surface area contributed by atoms with Crippen LogP contribution in [-0.4, -0.2) is 25.6 Å². The van der Waals surface area contributed by atoms with Crippen LogP contribution in [0.25, 0.3) is 17.5 Å². The van der Waals surface area contributed by atoms with Crippen LogP contribution in [0.3, 0.4) is 0 Å². The summed E-state index contributed by atoms with van der Waals surface area (Å²) in [7, 11) is 1.82. The van der Waals surface area contributed by atoms with Gasteiger partial charge in [-0.3, -0.25) is 24.6 Å². The quantitative estimate of drug-likeness (QED) is 0.412. The van der Waals surface area contributed by atoms with E-state index in [4.69, 9.17) is 0 Å². The third-order valence-electron chi connectivity index (χ3n) is 3.83. The lowest BCUT2D eigenvalue weighted by molar-refractivity contribution is -0.384. The zero-order chi connectivity index (χ0) is 19.2. The standard InChI is InChI=1S/C19H17N5O3/c1-23-18(17-4-2-3-11-20-17)12-15(22-23)13-21-19(25)10-7-14-5-8-16(9-6-14)24(26)27/h2-12H,13H2,1H3,(H,21,25). The first-order valence-electron chi connectivity index (χ1n) is 8.17. The molecule has 0 aliphatic heterocycles. The molecule has 2 heterocycles. The molecule has 1 aromatic carbocycles. The van der Waals surface area contributed by atoms with Gasteiger partial charge in [0.25, 0.3) is 5.69 Å². The van der Waals surface area contributed by atoms with E-state index in [9.17, 15) is 14.9 Å². The van der Waals surface area contributed by atoms with Gasteiger partial charge in [0.15, 0.2) is 0 Å². The molecule has 3 aromatic rings. The first-order valence-corrected chi connectivity index (χ1v) is 8.17. The van der Waals surface area contributed by atoms with Gasteiger partial charge in [-0.15, -0.1) is 0 Å². The molecule has 136 valence electrons. The summed E-state index contributed by atoms with van der Waals surface area (Å²) in [6.07, 6.45) is 4.69. The van der Waals surface area contributed by atoms with Crippen LogP contribution in [0.5, 0.6) is 0 Å². The number of nitro groups is 1. The number of hydrogen-bond donors (Lipinski definition) is 1. The topological polar surface area (TPSA) is 103 Å². The number of nitrogens with one attached hydrogen (secondary N) is 1. The second-order valence-electron chi connectivity index (χ2n) is 5.76. The molecular formula is C19H17N5O3. The molecule has 8 heteroatoms. The summed E-state index contributed by atoms with van der Waals surface area (Å²) in [4.78, 5) is 26.4. The number of benzene rings is 1. The second kappa shape index (κ2) is 8.05. The van der Waals surface area contributed by atoms with Gasteiger partial charge in [-0.05, 0) is 42.0 Å². The van der Waals surface area contributed by atoms with E-state index in [0.717, 1.165) is 17.1 Å². The minimum Gasteiger partial charge on any atom is -0.347 e. The molecule has 0 saturated carbocycles. The van der Waals surface area contributed by atoms with Crippen molar-refractivity contribution in [2.45, 2.75) is 6.54 Å². The smallest absolute Gasteiger partial charge is 0.269 e. The van der Waals surface area contributed by atoms with Gasteiger partial charge in [-0.1, -0.05) is 6.07 Å². The van der Waals surface area contributed by atoms with Crippen molar-refractivity contribution in [1.29, 1.82) is 0 Å². The Balaban J connectivity index is 1.58. The maximum absolute atomic E-state index is 12.0. The fourth-order valence-corrected chi connectivity index (χ4v) is 2.48. The highest BCUT2D eigenvalue weighted by Gasteiger charge is 2.09. The van der Waals surface area contributed by atoms with Crippen molar-refractivity contribution >= 4 is 17.7 Å². The minimum atomic E-state index is -0.466. The summed E-state index contributed by atoms with van der Waals surface area (Å²) < 4.78 is 1.72. The van der Waals surface area contributed by atoms with Gasteiger partial charge in [0.05, 0.1) is 28.5 Å². The molecule has 0 aliphatic rings. The van der Waals surface area contributed by atoms with Crippen LogP contribution in [0.15, 0.2) is 60.8 Å². The number of rotatable bonds is 6. The second-order valence-corrected chi connectivity index (χ2v) is 5.76. The Morgan fingerprint density at radius 3 is 2.70 bits per heavy atom. The Hall–Kier alpha value is -3.81. The monoisotopic (exact) mass is 363 g/mol. The Morgan fingerprint density at radius 2 is 2.04 bits per heavy atom. The largest absolute Gasteiger partial charge is 0.347 e. The summed E-state index contributed by atoms with van der Waals surface area (Å²) in [5.74, 6) is -0.279. The molecule has 1 amide bonds. The predicted octanol–water partition coefficient (Wildman–Crippen LogP) is 2.72. The average Bonchev–Trinajstić information content (AvgIpc) is 3.06. The number of hydrogen-bond acceptors (Lipinski definition) is 5. The number of pyridine rings is 1. The van der Waals surface area contributed by atoms with Crippen molar-refractivity contribution in [3.05, 3.63) is 82.2 Å². The molecule has 0 radical (unpaired) electrons. The van der Waals surface area contributed by atoms with Gasteiger partial charge in [-0.2, -0.15) is 5.10 Å². The van der Waals surface area contributed by atoms with Gasteiger partial charge in [-0.25, -0.2) is 0 Å². The maximum Gasteiger partial charge on any atom is 0.269 e. The lowest BCUT2D eigenvalue weighted by atomic mass is 10.2. The number of non-ortho nitro benzene ring substituents is 1. The SMILES string of the molecule is Cn1nc(CNC(=O)C=Cc2ccc([N+](=O)[O-])cc2)cc1-c1ccccn1. The first kappa shape index (κ1) is 18.0. The Morgan fingerprint density at radius 1 is 1.26 bits per heavy atom. The molecule has 27 heavy (non-hydrogen) atoms. The van der Waals surface area contributed by atoms with E-state index in [-0.39, 0.29) is 18.1 Å². The average molecular weight is 363 g/mol. The number of nitro benzene ring substituents is 1. The van der Waals surface area contributed by atoms with Crippen LogP contribution in [0.4, 0.5) is 5.69 Å². The predicted molar refractivity (Wildman–Crippen MR) is 100 cm³/mol. The Bertz CT molecular complexity index is 978. The number of nitrogens with zero attached hydrogens (tertiary/aromatic N) is 4. The third kappa shape index (κ3) is 4.63. The minimum absolute atomic E-state index is 0.00969. The van der Waals surface area contributed by atoms with E-state index in [2.05, 4.69) is 15.4 Å². The maximum atomic E-state index is 12.0. The van der Waals surface area contributed by atoms with Crippen LogP contribution in [0, 0.1) is 10.1 Å². The molecule has 0 spiro atoms. The molecule has 0 bridgehead atoms. The molecule has 1 N–H and O–H groups in total. The van der Waals surface area contributed by atoms with Gasteiger partial charge in [0.2, 0.25) is 5.91 Å². The summed E-state index contributed by atoms with van der Waals surface area (Å²) in [6, 6.07) is 13.5. The van der Waals surface area contributed by atoms with Crippen molar-refractivity contribution in [1.82, 2.24) is 20.1 Å². The van der Waals surface area contributed by atoms with E-state index < -0.39 is 4.92 Å². The van der Waals surface area contributed by atoms with Gasteiger partial charge in [0, 0.05) is 31.5 Å². The normalized spacial score (nSPS) is 10.9. The highest BCUT2D eigenvalue weighted by Crippen LogP contribution is 2.17. The van der Waals surface area contributed by atoms with Crippen molar-refractivity contribution < 1.29 is 9.72 Å². The molecule has 0 fully saturated rings. The van der Waals surface area contributed by atoms with Crippen LogP contribution in [0.2, 0.25) is 0 Å². The van der Waals surface area contributed by atoms with Gasteiger partial charge < -0.3 is 5.32 Å². The van der Waals surface area contributed by atoms with E-state index in [1.165, 1.54) is 18.2 Å². The highest BCUT2D eigenvalue weighted by molar-refractivity contribution is 5.91. The number of carbonyl (C=O) groups is 1. The van der Waals surface area contributed by atoms with Crippen LogP contribution in [-0.2, 0) is 18.4 Å². The van der Waals surface area contributed by atoms with Crippen molar-refractivity contribution in [3.8, 4) is 11.4 Å². The molecule has 8 nitrogen and oxygen atoms in total. The van der Waals surface area contributed by atoms with Gasteiger partial charge in [0.1, 0.15) is 0 Å². The van der Waals surface area contributed by atoms with Crippen molar-refractivity contribution in [2.24, 2.45) is 7.05 Å². The Labute approximate surface area is 155 Å². The lowest BCUT2D eigenvalue weighted by Crippen LogP contribution is -2.20. The first-order chi connectivity index (χ1) is 13.0. The lowest BCUT2D eigenvalue weighted by Gasteiger charge is -1.98. The molecule has 0 saturated heterocycles. The van der Waals surface area contributed by atoms with E-state index in [1.807, 2.05) is 31.3 Å². The van der Waals surface area contributed by atoms with Gasteiger partial charge >= 0.3 is 0 Å². The fourth-order valence-electron chi connectivity index (χ4n) is 2.48. The van der Waals surface area contributed by atoms with E-state index >= 15 is 0 Å². The molecule has 0 aliphatic carbocycles. The summed E-state index contributed by atoms with van der Waals surface area (Å²) in [5, 5.41) is 17.8. The number of amides is 1. The third-order valence-corrected chi connectivity index (χ3v) is 3.83. The van der Waals surface area contributed by atoms with Crippen LogP contribution < -0.4 is 5.32 Å². The Kier molecular flexibility index (Phi) is 5.36. The zero-order valence-electron chi connectivity index (χ0n) is 14.6. The summed E-state index contributed by atoms with van der Waals surface area (Å²) in [6.45, 7) is 0.282. The van der Waals surface area contributed by atoms with E-state index in [0.29, 0.717) is 5.56 Å². The van der Waals surface area contributed by atoms with E-state index in [1.54, 1.807) is 29.1 Å². The van der Waals surface area contributed by atoms with Crippen LogP contribution >= 0.6 is 0 Å². The molecule has 0 unspecified atom stereocenters. The summed E-state index contributed by atoms with van der Waals surface area (Å²) in [5.41, 5.74) is 3.10. The van der Waals surface area contributed by atoms with Crippen molar-refractivity contribution in [2.75, 3.05) is 0 Å². The van der Waals surface area contributed by atoms with Crippen LogP contribution in [0.1, 0.15) is 11.3 Å². The number of carbonyl (C=O) groups excluding carboxylic acids is 1. The fraction of sp³-hybridized carbons (Fsp3) is 0.105.